The zero-order chi connectivity index (χ0) is 14.8. The van der Waals surface area contributed by atoms with Crippen molar-refractivity contribution in [3.05, 3.63) is 35.4 Å². The maximum Gasteiger partial charge on any atom is 0.290 e. The van der Waals surface area contributed by atoms with Crippen molar-refractivity contribution < 1.29 is 22.7 Å². The van der Waals surface area contributed by atoms with Crippen molar-refractivity contribution in [3.8, 4) is 0 Å². The minimum atomic E-state index is -3.62. The zero-order valence-electron chi connectivity index (χ0n) is 11.2. The molecule has 1 atom stereocenters. The average molecular weight is 329 g/mol. The summed E-state index contributed by atoms with van der Waals surface area (Å²) >= 11 is 0. The molecule has 0 unspecified atom stereocenters. The van der Waals surface area contributed by atoms with Crippen molar-refractivity contribution in [1.82, 2.24) is 10.2 Å². The lowest BCUT2D eigenvalue weighted by Gasteiger charge is -2.38. The Labute approximate surface area is 126 Å². The number of nitrogens with zero attached hydrogens (tertiary/aromatic N) is 1. The van der Waals surface area contributed by atoms with Crippen molar-refractivity contribution in [2.24, 2.45) is 0 Å². The summed E-state index contributed by atoms with van der Waals surface area (Å²) in [7, 11) is 0. The fourth-order valence-corrected chi connectivity index (χ4v) is 2.46. The normalized spacial score (nSPS) is 18.1. The third-order valence-corrected chi connectivity index (χ3v) is 3.40. The molecule has 0 radical (unpaired) electrons. The van der Waals surface area contributed by atoms with Crippen LogP contribution in [0.4, 0.5) is 17.6 Å². The van der Waals surface area contributed by atoms with Crippen LogP contribution in [0.1, 0.15) is 11.6 Å². The number of halogens is 5. The van der Waals surface area contributed by atoms with Gasteiger partial charge in [-0.15, -0.1) is 12.4 Å². The minimum Gasteiger partial charge on any atom is -0.390 e. The van der Waals surface area contributed by atoms with Gasteiger partial charge in [-0.1, -0.05) is 6.07 Å². The van der Waals surface area contributed by atoms with Crippen molar-refractivity contribution >= 4 is 12.4 Å². The van der Waals surface area contributed by atoms with Gasteiger partial charge in [0.1, 0.15) is 24.3 Å². The highest BCUT2D eigenvalue weighted by Crippen LogP contribution is 2.38. The molecule has 1 aromatic rings. The Kier molecular flexibility index (Phi) is 6.40. The van der Waals surface area contributed by atoms with Gasteiger partial charge in [0.2, 0.25) is 0 Å². The van der Waals surface area contributed by atoms with Crippen LogP contribution in [0.25, 0.3) is 0 Å². The summed E-state index contributed by atoms with van der Waals surface area (Å²) in [5.74, 6) is -5.68. The standard InChI is InChI=1S/C13H16F4N2O.ClH/c14-9-2-1-3-10(15)11(9)12(13(16,17)8-20)19-6-4-18-5-7-19;/h1-3,12,18,20H,4-8H2;1H/t12-;/m1./s1. The van der Waals surface area contributed by atoms with E-state index in [1.807, 2.05) is 0 Å². The van der Waals surface area contributed by atoms with Crippen LogP contribution in [0.15, 0.2) is 18.2 Å². The van der Waals surface area contributed by atoms with Crippen LogP contribution < -0.4 is 5.32 Å². The Balaban J connectivity index is 0.00000220. The van der Waals surface area contributed by atoms with E-state index in [1.165, 1.54) is 4.90 Å². The molecular weight excluding hydrogens is 312 g/mol. The number of nitrogens with one attached hydrogen (secondary N) is 1. The summed E-state index contributed by atoms with van der Waals surface area (Å²) in [6.07, 6.45) is 0. The summed E-state index contributed by atoms with van der Waals surface area (Å²) < 4.78 is 55.7. The monoisotopic (exact) mass is 328 g/mol. The molecule has 0 saturated carbocycles. The Morgan fingerprint density at radius 1 is 1.19 bits per heavy atom. The summed E-state index contributed by atoms with van der Waals surface area (Å²) in [5, 5.41) is 11.9. The lowest BCUT2D eigenvalue weighted by atomic mass is 9.97. The molecule has 8 heteroatoms. The SMILES string of the molecule is Cl.OCC(F)(F)[C@@H](c1c(F)cccc1F)N1CCNCC1. The van der Waals surface area contributed by atoms with Crippen LogP contribution in [0.2, 0.25) is 0 Å². The van der Waals surface area contributed by atoms with E-state index in [-0.39, 0.29) is 25.5 Å². The minimum absolute atomic E-state index is 0. The molecule has 1 aliphatic heterocycles. The van der Waals surface area contributed by atoms with E-state index in [0.29, 0.717) is 13.1 Å². The van der Waals surface area contributed by atoms with E-state index in [4.69, 9.17) is 5.11 Å². The molecule has 0 aromatic heterocycles. The number of aliphatic hydroxyl groups is 1. The average Bonchev–Trinajstić information content (AvgIpc) is 2.43. The van der Waals surface area contributed by atoms with E-state index in [2.05, 4.69) is 5.32 Å². The fourth-order valence-electron chi connectivity index (χ4n) is 2.46. The Morgan fingerprint density at radius 2 is 1.71 bits per heavy atom. The third-order valence-electron chi connectivity index (χ3n) is 3.40. The van der Waals surface area contributed by atoms with E-state index in [0.717, 1.165) is 18.2 Å². The molecule has 1 heterocycles. The van der Waals surface area contributed by atoms with Gasteiger partial charge in [-0.25, -0.2) is 17.6 Å². The highest BCUT2D eigenvalue weighted by atomic mass is 35.5. The number of hydrogen-bond donors (Lipinski definition) is 2. The van der Waals surface area contributed by atoms with Crippen molar-refractivity contribution in [2.75, 3.05) is 32.8 Å². The number of rotatable bonds is 4. The molecule has 21 heavy (non-hydrogen) atoms. The first kappa shape index (κ1) is 18.2. The van der Waals surface area contributed by atoms with E-state index < -0.39 is 35.8 Å². The van der Waals surface area contributed by atoms with Crippen LogP contribution in [0.5, 0.6) is 0 Å². The largest absolute Gasteiger partial charge is 0.390 e. The predicted molar refractivity (Wildman–Crippen MR) is 72.8 cm³/mol. The fraction of sp³-hybridized carbons (Fsp3) is 0.538. The van der Waals surface area contributed by atoms with Gasteiger partial charge >= 0.3 is 0 Å². The van der Waals surface area contributed by atoms with Gasteiger partial charge < -0.3 is 10.4 Å². The second kappa shape index (κ2) is 7.40. The maximum atomic E-state index is 14.0. The van der Waals surface area contributed by atoms with Crippen LogP contribution in [-0.2, 0) is 0 Å². The first-order valence-electron chi connectivity index (χ1n) is 6.34. The Morgan fingerprint density at radius 3 is 2.19 bits per heavy atom. The van der Waals surface area contributed by atoms with E-state index in [9.17, 15) is 17.6 Å². The molecule has 3 nitrogen and oxygen atoms in total. The number of piperazine rings is 1. The molecule has 2 rings (SSSR count). The summed E-state index contributed by atoms with van der Waals surface area (Å²) in [6.45, 7) is -0.0976. The van der Waals surface area contributed by atoms with Crippen LogP contribution in [0.3, 0.4) is 0 Å². The van der Waals surface area contributed by atoms with Gasteiger partial charge in [0.15, 0.2) is 0 Å². The van der Waals surface area contributed by atoms with Gasteiger partial charge in [0, 0.05) is 31.7 Å². The van der Waals surface area contributed by atoms with Crippen molar-refractivity contribution in [2.45, 2.75) is 12.0 Å². The topological polar surface area (TPSA) is 35.5 Å². The molecule has 0 spiro atoms. The molecule has 120 valence electrons. The summed E-state index contributed by atoms with van der Waals surface area (Å²) in [4.78, 5) is 1.30. The number of hydrogen-bond acceptors (Lipinski definition) is 3. The van der Waals surface area contributed by atoms with Crippen LogP contribution in [0, 0.1) is 11.6 Å². The first-order chi connectivity index (χ1) is 9.47. The molecule has 1 aliphatic rings. The number of benzene rings is 1. The zero-order valence-corrected chi connectivity index (χ0v) is 12.0. The lowest BCUT2D eigenvalue weighted by molar-refractivity contribution is -0.120. The molecule has 1 aromatic carbocycles. The van der Waals surface area contributed by atoms with Crippen LogP contribution >= 0.6 is 12.4 Å². The maximum absolute atomic E-state index is 14.0. The highest BCUT2D eigenvalue weighted by molar-refractivity contribution is 5.85. The third kappa shape index (κ3) is 3.85. The van der Waals surface area contributed by atoms with Crippen molar-refractivity contribution in [1.29, 1.82) is 0 Å². The Bertz CT molecular complexity index is 449. The van der Waals surface area contributed by atoms with Gasteiger partial charge in [0.25, 0.3) is 5.92 Å². The molecule has 0 aliphatic carbocycles. The van der Waals surface area contributed by atoms with Gasteiger partial charge in [-0.3, -0.25) is 4.90 Å². The van der Waals surface area contributed by atoms with Crippen molar-refractivity contribution in [3.63, 3.8) is 0 Å². The molecular formula is C13H17ClF4N2O. The quantitative estimate of drug-likeness (QED) is 0.830. The van der Waals surface area contributed by atoms with Crippen LogP contribution in [-0.4, -0.2) is 48.7 Å². The van der Waals surface area contributed by atoms with E-state index in [1.54, 1.807) is 0 Å². The molecule has 2 N–H and O–H groups in total. The second-order valence-corrected chi connectivity index (χ2v) is 4.74. The smallest absolute Gasteiger partial charge is 0.290 e. The van der Waals surface area contributed by atoms with Gasteiger partial charge in [0.05, 0.1) is 0 Å². The summed E-state index contributed by atoms with van der Waals surface area (Å²) in [6, 6.07) is 1.21. The molecule has 0 bridgehead atoms. The van der Waals surface area contributed by atoms with E-state index >= 15 is 0 Å². The lowest BCUT2D eigenvalue weighted by Crippen LogP contribution is -2.51. The Hall–Kier alpha value is -0.890. The first-order valence-corrected chi connectivity index (χ1v) is 6.34. The van der Waals surface area contributed by atoms with Gasteiger partial charge in [-0.05, 0) is 12.1 Å². The number of alkyl halides is 2. The summed E-state index contributed by atoms with van der Waals surface area (Å²) in [5.41, 5.74) is -0.687. The molecule has 1 saturated heterocycles. The highest BCUT2D eigenvalue weighted by Gasteiger charge is 2.46. The predicted octanol–water partition coefficient (Wildman–Crippen LogP) is 1.96. The molecule has 1 fully saturated rings. The molecule has 0 amide bonds. The van der Waals surface area contributed by atoms with Gasteiger partial charge in [-0.2, -0.15) is 0 Å². The second-order valence-electron chi connectivity index (χ2n) is 4.74. The number of aliphatic hydroxyl groups excluding tert-OH is 1.